The fourth-order valence-corrected chi connectivity index (χ4v) is 5.13. The summed E-state index contributed by atoms with van der Waals surface area (Å²) in [6, 6.07) is 5.77. The van der Waals surface area contributed by atoms with Crippen LogP contribution < -0.4 is 10.6 Å². The zero-order valence-electron chi connectivity index (χ0n) is 14.2. The van der Waals surface area contributed by atoms with Crippen LogP contribution in [0.5, 0.6) is 0 Å². The standard InChI is InChI=1S/C18H23ClN2OS/c1-10-16(22)15(18(4,5)23-10)14-9-17(2,3)21-13-8-11(19)6-7-12(13)20-14/h6-8,10,20-21H,9H2,1-5H3/b15-14+. The van der Waals surface area contributed by atoms with Crippen molar-refractivity contribution in [2.75, 3.05) is 10.6 Å². The monoisotopic (exact) mass is 350 g/mol. The molecule has 0 amide bonds. The van der Waals surface area contributed by atoms with Gasteiger partial charge in [0.2, 0.25) is 0 Å². The molecule has 0 aromatic heterocycles. The molecule has 5 heteroatoms. The smallest absolute Gasteiger partial charge is 0.174 e. The molecule has 2 aliphatic rings. The van der Waals surface area contributed by atoms with Crippen LogP contribution in [0.4, 0.5) is 11.4 Å². The Labute approximate surface area is 147 Å². The second kappa shape index (κ2) is 5.45. The van der Waals surface area contributed by atoms with Crippen molar-refractivity contribution in [3.63, 3.8) is 0 Å². The number of hydrogen-bond donors (Lipinski definition) is 2. The van der Waals surface area contributed by atoms with Gasteiger partial charge in [0, 0.05) is 33.0 Å². The number of ketones is 1. The van der Waals surface area contributed by atoms with Gasteiger partial charge in [-0.2, -0.15) is 0 Å². The molecule has 0 saturated carbocycles. The molecule has 3 nitrogen and oxygen atoms in total. The Morgan fingerprint density at radius 2 is 1.91 bits per heavy atom. The Kier molecular flexibility index (Phi) is 3.96. The first kappa shape index (κ1) is 16.7. The van der Waals surface area contributed by atoms with Gasteiger partial charge in [-0.05, 0) is 52.8 Å². The zero-order chi connectivity index (χ0) is 17.0. The molecule has 0 aliphatic carbocycles. The lowest BCUT2D eigenvalue weighted by molar-refractivity contribution is -0.114. The van der Waals surface area contributed by atoms with Gasteiger partial charge in [-0.1, -0.05) is 11.6 Å². The molecular formula is C18H23ClN2OS. The van der Waals surface area contributed by atoms with Crippen molar-refractivity contribution in [3.05, 3.63) is 34.5 Å². The number of Topliss-reactive ketones (excluding diaryl/α,β-unsaturated/α-hetero) is 1. The molecule has 0 radical (unpaired) electrons. The number of fused-ring (bicyclic) bond motifs is 1. The molecule has 3 rings (SSSR count). The third-order valence-corrected chi connectivity index (χ3v) is 5.95. The van der Waals surface area contributed by atoms with Crippen LogP contribution in [0.25, 0.3) is 0 Å². The minimum Gasteiger partial charge on any atom is -0.378 e. The summed E-state index contributed by atoms with van der Waals surface area (Å²) in [5.74, 6) is 0.246. The second-order valence-electron chi connectivity index (χ2n) is 7.49. The van der Waals surface area contributed by atoms with Gasteiger partial charge in [0.05, 0.1) is 16.6 Å². The molecular weight excluding hydrogens is 328 g/mol. The molecule has 2 N–H and O–H groups in total. The summed E-state index contributed by atoms with van der Waals surface area (Å²) < 4.78 is -0.175. The molecule has 124 valence electrons. The normalized spacial score (nSPS) is 28.6. The van der Waals surface area contributed by atoms with Gasteiger partial charge < -0.3 is 10.6 Å². The maximum Gasteiger partial charge on any atom is 0.174 e. The largest absolute Gasteiger partial charge is 0.378 e. The molecule has 2 heterocycles. The van der Waals surface area contributed by atoms with E-state index in [9.17, 15) is 4.79 Å². The molecule has 1 unspecified atom stereocenters. The molecule has 0 bridgehead atoms. The first-order valence-electron chi connectivity index (χ1n) is 7.89. The molecule has 0 spiro atoms. The summed E-state index contributed by atoms with van der Waals surface area (Å²) in [6.45, 7) is 10.6. The van der Waals surface area contributed by atoms with Crippen molar-refractivity contribution < 1.29 is 4.79 Å². The van der Waals surface area contributed by atoms with Crippen LogP contribution in [0.15, 0.2) is 29.5 Å². The lowest BCUT2D eigenvalue weighted by Gasteiger charge is -2.28. The maximum absolute atomic E-state index is 12.7. The third kappa shape index (κ3) is 3.11. The Bertz CT molecular complexity index is 709. The number of rotatable bonds is 0. The van der Waals surface area contributed by atoms with Crippen LogP contribution in [0.1, 0.15) is 41.0 Å². The predicted octanol–water partition coefficient (Wildman–Crippen LogP) is 5.08. The van der Waals surface area contributed by atoms with Crippen molar-refractivity contribution in [3.8, 4) is 0 Å². The van der Waals surface area contributed by atoms with Crippen LogP contribution in [-0.2, 0) is 4.79 Å². The summed E-state index contributed by atoms with van der Waals surface area (Å²) in [7, 11) is 0. The van der Waals surface area contributed by atoms with Crippen molar-refractivity contribution in [2.45, 2.75) is 56.6 Å². The van der Waals surface area contributed by atoms with Gasteiger partial charge in [0.25, 0.3) is 0 Å². The van der Waals surface area contributed by atoms with E-state index in [1.807, 2.05) is 25.1 Å². The highest BCUT2D eigenvalue weighted by atomic mass is 35.5. The Morgan fingerprint density at radius 1 is 1.22 bits per heavy atom. The highest BCUT2D eigenvalue weighted by Crippen LogP contribution is 2.48. The van der Waals surface area contributed by atoms with E-state index in [-0.39, 0.29) is 21.3 Å². The van der Waals surface area contributed by atoms with Crippen LogP contribution in [0.2, 0.25) is 5.02 Å². The molecule has 1 atom stereocenters. The van der Waals surface area contributed by atoms with E-state index in [1.165, 1.54) is 0 Å². The highest BCUT2D eigenvalue weighted by molar-refractivity contribution is 8.02. The second-order valence-corrected chi connectivity index (χ2v) is 9.89. The van der Waals surface area contributed by atoms with E-state index in [1.54, 1.807) is 11.8 Å². The van der Waals surface area contributed by atoms with Crippen molar-refractivity contribution in [2.24, 2.45) is 0 Å². The summed E-state index contributed by atoms with van der Waals surface area (Å²) in [5.41, 5.74) is 3.72. The molecule has 1 aromatic rings. The van der Waals surface area contributed by atoms with Gasteiger partial charge in [0.15, 0.2) is 5.78 Å². The quantitative estimate of drug-likeness (QED) is 0.640. The van der Waals surface area contributed by atoms with E-state index in [2.05, 4.69) is 38.3 Å². The van der Waals surface area contributed by atoms with Gasteiger partial charge in [-0.25, -0.2) is 0 Å². The number of carbonyl (C=O) groups is 1. The summed E-state index contributed by atoms with van der Waals surface area (Å²) in [5, 5.41) is 7.78. The van der Waals surface area contributed by atoms with Crippen LogP contribution in [0.3, 0.4) is 0 Å². The number of carbonyl (C=O) groups excluding carboxylic acids is 1. The Morgan fingerprint density at radius 3 is 2.52 bits per heavy atom. The fourth-order valence-electron chi connectivity index (χ4n) is 3.50. The number of halogens is 1. The lowest BCUT2D eigenvalue weighted by Crippen LogP contribution is -2.32. The highest BCUT2D eigenvalue weighted by Gasteiger charge is 2.44. The fraction of sp³-hybridized carbons (Fsp3) is 0.500. The van der Waals surface area contributed by atoms with Crippen LogP contribution >= 0.6 is 23.4 Å². The number of anilines is 2. The van der Waals surface area contributed by atoms with Crippen molar-refractivity contribution >= 4 is 40.5 Å². The van der Waals surface area contributed by atoms with Gasteiger partial charge in [-0.3, -0.25) is 4.79 Å². The average molecular weight is 351 g/mol. The molecule has 2 aliphatic heterocycles. The summed E-state index contributed by atoms with van der Waals surface area (Å²) in [4.78, 5) is 12.7. The Hall–Kier alpha value is -1.13. The van der Waals surface area contributed by atoms with E-state index in [0.717, 1.165) is 29.1 Å². The number of benzene rings is 1. The van der Waals surface area contributed by atoms with E-state index in [0.29, 0.717) is 5.02 Å². The topological polar surface area (TPSA) is 41.1 Å². The van der Waals surface area contributed by atoms with Crippen LogP contribution in [0, 0.1) is 0 Å². The number of hydrogen-bond acceptors (Lipinski definition) is 4. The minimum absolute atomic E-state index is 0.0123. The number of nitrogens with one attached hydrogen (secondary N) is 2. The first-order chi connectivity index (χ1) is 10.6. The van der Waals surface area contributed by atoms with E-state index < -0.39 is 0 Å². The van der Waals surface area contributed by atoms with Gasteiger partial charge in [-0.15, -0.1) is 11.8 Å². The molecule has 1 aromatic carbocycles. The Balaban J connectivity index is 2.15. The van der Waals surface area contributed by atoms with Crippen molar-refractivity contribution in [1.82, 2.24) is 0 Å². The maximum atomic E-state index is 12.7. The summed E-state index contributed by atoms with van der Waals surface area (Å²) in [6.07, 6.45) is 0.761. The zero-order valence-corrected chi connectivity index (χ0v) is 15.8. The van der Waals surface area contributed by atoms with E-state index in [4.69, 9.17) is 11.6 Å². The molecule has 23 heavy (non-hydrogen) atoms. The third-order valence-electron chi connectivity index (χ3n) is 4.35. The SMILES string of the molecule is CC1SC(C)(C)/C(=C2\CC(C)(C)Nc3cc(Cl)ccc3N2)C1=O. The average Bonchev–Trinajstić information content (AvgIpc) is 2.51. The minimum atomic E-state index is -0.175. The lowest BCUT2D eigenvalue weighted by atomic mass is 9.89. The molecule has 1 saturated heterocycles. The van der Waals surface area contributed by atoms with E-state index >= 15 is 0 Å². The predicted molar refractivity (Wildman–Crippen MR) is 101 cm³/mol. The van der Waals surface area contributed by atoms with Gasteiger partial charge >= 0.3 is 0 Å². The van der Waals surface area contributed by atoms with Crippen LogP contribution in [-0.4, -0.2) is 21.3 Å². The summed E-state index contributed by atoms with van der Waals surface area (Å²) >= 11 is 7.87. The molecule has 1 fully saturated rings. The van der Waals surface area contributed by atoms with Gasteiger partial charge in [0.1, 0.15) is 0 Å². The number of thioether (sulfide) groups is 1. The first-order valence-corrected chi connectivity index (χ1v) is 9.15. The van der Waals surface area contributed by atoms with Crippen molar-refractivity contribution in [1.29, 1.82) is 0 Å².